The number of hydrogen-bond donors (Lipinski definition) is 3. The van der Waals surface area contributed by atoms with E-state index in [0.29, 0.717) is 22.9 Å². The quantitative estimate of drug-likeness (QED) is 0.246. The lowest BCUT2D eigenvalue weighted by Gasteiger charge is -2.11. The Labute approximate surface area is 211 Å². The third-order valence-electron chi connectivity index (χ3n) is 5.14. The number of rotatable bonds is 8. The number of halogens is 3. The summed E-state index contributed by atoms with van der Waals surface area (Å²) in [6, 6.07) is 26.9. The van der Waals surface area contributed by atoms with E-state index in [9.17, 15) is 22.8 Å². The number of carbonyl (C=O) groups is 2. The fourth-order valence-electron chi connectivity index (χ4n) is 3.37. The van der Waals surface area contributed by atoms with Crippen LogP contribution in [0.15, 0.2) is 103 Å². The van der Waals surface area contributed by atoms with E-state index in [0.717, 1.165) is 12.1 Å². The second-order valence-corrected chi connectivity index (χ2v) is 7.95. The smallest absolute Gasteiger partial charge is 0.416 e. The van der Waals surface area contributed by atoms with E-state index in [1.807, 2.05) is 30.3 Å². The molecule has 188 valence electrons. The molecule has 0 saturated carbocycles. The molecule has 0 atom stereocenters. The lowest BCUT2D eigenvalue weighted by atomic mass is 10.1. The molecule has 4 aromatic carbocycles. The molecule has 0 spiro atoms. The Hall–Kier alpha value is -4.79. The van der Waals surface area contributed by atoms with Gasteiger partial charge < -0.3 is 20.7 Å². The summed E-state index contributed by atoms with van der Waals surface area (Å²) in [6.45, 7) is -0.0685. The summed E-state index contributed by atoms with van der Waals surface area (Å²) in [5.74, 6) is 0.442. The molecule has 37 heavy (non-hydrogen) atoms. The first-order valence-electron chi connectivity index (χ1n) is 11.2. The summed E-state index contributed by atoms with van der Waals surface area (Å²) in [7, 11) is 0. The summed E-state index contributed by atoms with van der Waals surface area (Å²) in [4.78, 5) is 24.9. The van der Waals surface area contributed by atoms with Gasteiger partial charge in [-0.2, -0.15) is 13.2 Å². The standard InChI is InChI=1S/C28H22F3N3O3/c29-28(30,31)20-7-5-9-23(17-20)34-27(36)19-6-4-8-22(16-19)32-18-26(35)33-21-12-14-25(15-13-21)37-24-10-2-1-3-11-24/h1-17,32H,18H2,(H,33,35)(H,34,36). The van der Waals surface area contributed by atoms with Crippen molar-refractivity contribution >= 4 is 28.9 Å². The number of amides is 2. The van der Waals surface area contributed by atoms with Crippen LogP contribution in [0.1, 0.15) is 15.9 Å². The maximum atomic E-state index is 12.9. The topological polar surface area (TPSA) is 79.5 Å². The van der Waals surface area contributed by atoms with Gasteiger partial charge in [0.25, 0.3) is 5.91 Å². The van der Waals surface area contributed by atoms with Gasteiger partial charge in [0, 0.05) is 22.6 Å². The van der Waals surface area contributed by atoms with E-state index in [4.69, 9.17) is 4.74 Å². The fourth-order valence-corrected chi connectivity index (χ4v) is 3.37. The van der Waals surface area contributed by atoms with E-state index in [1.54, 1.807) is 36.4 Å². The molecule has 0 saturated heterocycles. The van der Waals surface area contributed by atoms with Crippen LogP contribution < -0.4 is 20.7 Å². The first-order valence-corrected chi connectivity index (χ1v) is 11.2. The Morgan fingerprint density at radius 3 is 2.08 bits per heavy atom. The number of ether oxygens (including phenoxy) is 1. The summed E-state index contributed by atoms with van der Waals surface area (Å²) in [5, 5.41) is 8.15. The predicted octanol–water partition coefficient (Wildman–Crippen LogP) is 6.80. The van der Waals surface area contributed by atoms with Crippen LogP contribution >= 0.6 is 0 Å². The molecule has 2 amide bonds. The van der Waals surface area contributed by atoms with Crippen molar-refractivity contribution in [3.05, 3.63) is 114 Å². The minimum absolute atomic E-state index is 0.0257. The van der Waals surface area contributed by atoms with Crippen molar-refractivity contribution in [3.8, 4) is 11.5 Å². The van der Waals surface area contributed by atoms with Crippen LogP contribution in [0.5, 0.6) is 11.5 Å². The molecule has 0 unspecified atom stereocenters. The van der Waals surface area contributed by atoms with Crippen LogP contribution in [0.25, 0.3) is 0 Å². The fraction of sp³-hybridized carbons (Fsp3) is 0.0714. The molecule has 4 aromatic rings. The summed E-state index contributed by atoms with van der Waals surface area (Å²) >= 11 is 0. The highest BCUT2D eigenvalue weighted by molar-refractivity contribution is 6.05. The number of anilines is 3. The lowest BCUT2D eigenvalue weighted by molar-refractivity contribution is -0.137. The Balaban J connectivity index is 1.30. The molecule has 0 aliphatic carbocycles. The van der Waals surface area contributed by atoms with Gasteiger partial charge in [-0.15, -0.1) is 0 Å². The van der Waals surface area contributed by atoms with Crippen LogP contribution in [-0.4, -0.2) is 18.4 Å². The average Bonchev–Trinajstić information content (AvgIpc) is 2.89. The molecule has 0 fully saturated rings. The molecule has 0 bridgehead atoms. The first kappa shape index (κ1) is 25.3. The van der Waals surface area contributed by atoms with Crippen molar-refractivity contribution in [1.29, 1.82) is 0 Å². The number of alkyl halides is 3. The first-order chi connectivity index (χ1) is 17.8. The van der Waals surface area contributed by atoms with Crippen LogP contribution in [0.2, 0.25) is 0 Å². The SMILES string of the molecule is O=C(CNc1cccc(C(=O)Nc2cccc(C(F)(F)F)c2)c1)Nc1ccc(Oc2ccccc2)cc1. The van der Waals surface area contributed by atoms with Crippen molar-refractivity contribution in [2.75, 3.05) is 22.5 Å². The van der Waals surface area contributed by atoms with Gasteiger partial charge >= 0.3 is 6.18 Å². The van der Waals surface area contributed by atoms with Gasteiger partial charge in [0.1, 0.15) is 11.5 Å². The lowest BCUT2D eigenvalue weighted by Crippen LogP contribution is -2.22. The predicted molar refractivity (Wildman–Crippen MR) is 136 cm³/mol. The Morgan fingerprint density at radius 2 is 1.35 bits per heavy atom. The molecule has 6 nitrogen and oxygen atoms in total. The second-order valence-electron chi connectivity index (χ2n) is 7.95. The zero-order valence-corrected chi connectivity index (χ0v) is 19.4. The minimum atomic E-state index is -4.51. The highest BCUT2D eigenvalue weighted by Crippen LogP contribution is 2.30. The molecule has 0 aromatic heterocycles. The molecular weight excluding hydrogens is 483 g/mol. The molecule has 0 radical (unpaired) electrons. The molecule has 9 heteroatoms. The maximum Gasteiger partial charge on any atom is 0.416 e. The van der Waals surface area contributed by atoms with Crippen molar-refractivity contribution in [3.63, 3.8) is 0 Å². The van der Waals surface area contributed by atoms with Crippen molar-refractivity contribution in [2.45, 2.75) is 6.18 Å². The molecule has 0 aliphatic heterocycles. The van der Waals surface area contributed by atoms with Gasteiger partial charge in [0.05, 0.1) is 12.1 Å². The Kier molecular flexibility index (Phi) is 7.73. The van der Waals surface area contributed by atoms with Crippen molar-refractivity contribution in [1.82, 2.24) is 0 Å². The largest absolute Gasteiger partial charge is 0.457 e. The van der Waals surface area contributed by atoms with E-state index in [2.05, 4.69) is 16.0 Å². The average molecular weight is 505 g/mol. The van der Waals surface area contributed by atoms with Gasteiger partial charge in [0.15, 0.2) is 0 Å². The van der Waals surface area contributed by atoms with Gasteiger partial charge in [-0.05, 0) is 72.8 Å². The second kappa shape index (κ2) is 11.3. The highest BCUT2D eigenvalue weighted by Gasteiger charge is 2.30. The zero-order chi connectivity index (χ0) is 26.3. The van der Waals surface area contributed by atoms with Crippen LogP contribution in [0.4, 0.5) is 30.2 Å². The zero-order valence-electron chi connectivity index (χ0n) is 19.4. The molecule has 3 N–H and O–H groups in total. The monoisotopic (exact) mass is 505 g/mol. The number of para-hydroxylation sites is 1. The van der Waals surface area contributed by atoms with E-state index < -0.39 is 17.6 Å². The Morgan fingerprint density at radius 1 is 0.676 bits per heavy atom. The van der Waals surface area contributed by atoms with Gasteiger partial charge in [-0.3, -0.25) is 9.59 Å². The summed E-state index contributed by atoms with van der Waals surface area (Å²) in [5.41, 5.74) is 0.472. The summed E-state index contributed by atoms with van der Waals surface area (Å²) < 4.78 is 44.4. The highest BCUT2D eigenvalue weighted by atomic mass is 19.4. The normalized spacial score (nSPS) is 10.9. The summed E-state index contributed by atoms with van der Waals surface area (Å²) in [6.07, 6.45) is -4.51. The Bertz CT molecular complexity index is 1370. The third-order valence-corrected chi connectivity index (χ3v) is 5.14. The number of nitrogens with one attached hydrogen (secondary N) is 3. The van der Waals surface area contributed by atoms with E-state index >= 15 is 0 Å². The molecule has 0 aliphatic rings. The minimum Gasteiger partial charge on any atom is -0.457 e. The van der Waals surface area contributed by atoms with Crippen LogP contribution in [0, 0.1) is 0 Å². The van der Waals surface area contributed by atoms with E-state index in [1.165, 1.54) is 24.3 Å². The number of hydrogen-bond acceptors (Lipinski definition) is 4. The van der Waals surface area contributed by atoms with Gasteiger partial charge in [-0.1, -0.05) is 30.3 Å². The molecule has 4 rings (SSSR count). The third kappa shape index (κ3) is 7.35. The van der Waals surface area contributed by atoms with Crippen molar-refractivity contribution < 1.29 is 27.5 Å². The van der Waals surface area contributed by atoms with Gasteiger partial charge in [-0.25, -0.2) is 0 Å². The van der Waals surface area contributed by atoms with E-state index in [-0.39, 0.29) is 23.7 Å². The number of carbonyl (C=O) groups excluding carboxylic acids is 2. The number of benzene rings is 4. The van der Waals surface area contributed by atoms with Crippen LogP contribution in [0.3, 0.4) is 0 Å². The molecular formula is C28H22F3N3O3. The van der Waals surface area contributed by atoms with Crippen molar-refractivity contribution in [2.24, 2.45) is 0 Å². The van der Waals surface area contributed by atoms with Gasteiger partial charge in [0.2, 0.25) is 5.91 Å². The van der Waals surface area contributed by atoms with Crippen LogP contribution in [-0.2, 0) is 11.0 Å². The maximum absolute atomic E-state index is 12.9. The molecule has 0 heterocycles.